The summed E-state index contributed by atoms with van der Waals surface area (Å²) < 4.78 is 5.59. The van der Waals surface area contributed by atoms with Crippen molar-refractivity contribution in [2.45, 2.75) is 25.7 Å². The number of aryl methyl sites for hydroxylation is 2. The summed E-state index contributed by atoms with van der Waals surface area (Å²) in [5, 5.41) is 10.5. The van der Waals surface area contributed by atoms with Crippen LogP contribution < -0.4 is 10.6 Å². The van der Waals surface area contributed by atoms with E-state index in [2.05, 4.69) is 10.6 Å². The Morgan fingerprint density at radius 2 is 1.08 bits per heavy atom. The van der Waals surface area contributed by atoms with Crippen LogP contribution in [0.2, 0.25) is 20.1 Å². The molecule has 0 radical (unpaired) electrons. The first-order valence-electron chi connectivity index (χ1n) is 16.1. The van der Waals surface area contributed by atoms with Gasteiger partial charge in [0, 0.05) is 50.3 Å². The van der Waals surface area contributed by atoms with Gasteiger partial charge in [-0.15, -0.1) is 22.7 Å². The second-order valence-corrected chi connectivity index (χ2v) is 15.1. The number of carbonyl (C=O) groups is 4. The van der Waals surface area contributed by atoms with E-state index in [9.17, 15) is 19.2 Å². The molecule has 0 spiro atoms. The van der Waals surface area contributed by atoms with Crippen molar-refractivity contribution in [2.75, 3.05) is 10.6 Å². The molecule has 4 aromatic carbocycles. The van der Waals surface area contributed by atoms with Crippen molar-refractivity contribution in [1.82, 2.24) is 0 Å². The van der Waals surface area contributed by atoms with Crippen LogP contribution in [0.5, 0.6) is 0 Å². The van der Waals surface area contributed by atoms with Gasteiger partial charge in [-0.05, 0) is 53.8 Å². The van der Waals surface area contributed by atoms with E-state index in [-0.39, 0.29) is 55.8 Å². The number of hydrogen-bond donors (Lipinski definition) is 2. The van der Waals surface area contributed by atoms with Gasteiger partial charge in [0.25, 0.3) is 0 Å². The number of amides is 2. The first-order valence-corrected chi connectivity index (χ1v) is 19.4. The van der Waals surface area contributed by atoms with E-state index in [0.29, 0.717) is 45.1 Å². The van der Waals surface area contributed by atoms with Crippen LogP contribution in [0.4, 0.5) is 10.0 Å². The summed E-state index contributed by atoms with van der Waals surface area (Å²) in [6.07, 6.45) is 1.23. The Bertz CT molecular complexity index is 2310. The molecule has 0 aliphatic heterocycles. The van der Waals surface area contributed by atoms with Crippen molar-refractivity contribution >= 4 is 103 Å². The summed E-state index contributed by atoms with van der Waals surface area (Å²) in [4.78, 5) is 54.5. The number of ether oxygens (including phenoxy) is 1. The highest BCUT2D eigenvalue weighted by atomic mass is 35.5. The topological polar surface area (TPSA) is 102 Å². The second kappa shape index (κ2) is 17.6. The predicted octanol–water partition coefficient (Wildman–Crippen LogP) is 11.9. The van der Waals surface area contributed by atoms with E-state index in [0.717, 1.165) is 33.8 Å². The van der Waals surface area contributed by atoms with Gasteiger partial charge in [-0.1, -0.05) is 119 Å². The lowest BCUT2D eigenvalue weighted by molar-refractivity contribution is -0.117. The summed E-state index contributed by atoms with van der Waals surface area (Å²) >= 11 is 27.4. The van der Waals surface area contributed by atoms with Crippen molar-refractivity contribution in [2.24, 2.45) is 0 Å². The second-order valence-electron chi connectivity index (χ2n) is 11.7. The Kier molecular flexibility index (Phi) is 12.7. The summed E-state index contributed by atoms with van der Waals surface area (Å²) in [6, 6.07) is 28.6. The minimum Gasteiger partial charge on any atom is -0.386 e. The third-order valence-electron chi connectivity index (χ3n) is 8.10. The molecule has 0 bridgehead atoms. The molecule has 0 saturated heterocycles. The van der Waals surface area contributed by atoms with Gasteiger partial charge in [0.05, 0.1) is 10.0 Å². The van der Waals surface area contributed by atoms with Gasteiger partial charge in [0.2, 0.25) is 11.8 Å². The zero-order chi connectivity index (χ0) is 37.5. The standard InChI is InChI=1S/C40H28Cl4N2O5S2/c41-26-14-15-27(31(43)20-26)29-22-53-38(46-34(48)18-12-24-9-5-2-6-10-24)36(29)40(50)51-39(49)35-28(25-13-16-30(42)32(44)19-25)21-52-37(35)45-33(47)17-11-23-7-3-1-4-8-23/h1-10,13-16,19-22H,11-12,17-18H2,(H,45,47)(H,46,48). The monoisotopic (exact) mass is 820 g/mol. The maximum Gasteiger partial charge on any atom is 0.349 e. The highest BCUT2D eigenvalue weighted by Crippen LogP contribution is 2.42. The van der Waals surface area contributed by atoms with Crippen LogP contribution >= 0.6 is 69.1 Å². The van der Waals surface area contributed by atoms with Crippen molar-refractivity contribution in [1.29, 1.82) is 0 Å². The Balaban J connectivity index is 1.31. The largest absolute Gasteiger partial charge is 0.386 e. The molecule has 6 rings (SSSR count). The number of halogens is 4. The van der Waals surface area contributed by atoms with Gasteiger partial charge in [-0.2, -0.15) is 0 Å². The number of esters is 2. The van der Waals surface area contributed by atoms with E-state index >= 15 is 0 Å². The van der Waals surface area contributed by atoms with Gasteiger partial charge in [0.15, 0.2) is 0 Å². The van der Waals surface area contributed by atoms with Crippen LogP contribution in [0.15, 0.2) is 108 Å². The third-order valence-corrected chi connectivity index (χ3v) is 11.2. The number of thiophene rings is 2. The molecule has 0 atom stereocenters. The van der Waals surface area contributed by atoms with Crippen LogP contribution in [0, 0.1) is 0 Å². The van der Waals surface area contributed by atoms with Crippen molar-refractivity contribution in [3.05, 3.63) is 150 Å². The lowest BCUT2D eigenvalue weighted by Crippen LogP contribution is -2.19. The molecule has 0 unspecified atom stereocenters. The van der Waals surface area contributed by atoms with Crippen LogP contribution in [-0.2, 0) is 27.2 Å². The van der Waals surface area contributed by atoms with Crippen molar-refractivity contribution < 1.29 is 23.9 Å². The molecule has 2 N–H and O–H groups in total. The Labute approximate surface area is 333 Å². The minimum atomic E-state index is -1.04. The number of benzene rings is 4. The lowest BCUT2D eigenvalue weighted by atomic mass is 10.0. The number of rotatable bonds is 12. The molecule has 0 saturated carbocycles. The van der Waals surface area contributed by atoms with Crippen LogP contribution in [-0.4, -0.2) is 23.8 Å². The molecule has 53 heavy (non-hydrogen) atoms. The quantitative estimate of drug-likeness (QED) is 0.0945. The molecule has 7 nitrogen and oxygen atoms in total. The molecule has 0 fully saturated rings. The minimum absolute atomic E-state index is 0.0513. The number of carbonyl (C=O) groups excluding carboxylic acids is 4. The number of nitrogens with one attached hydrogen (secondary N) is 2. The predicted molar refractivity (Wildman–Crippen MR) is 216 cm³/mol. The molecule has 2 heterocycles. The summed E-state index contributed by atoms with van der Waals surface area (Å²) in [5.41, 5.74) is 3.48. The number of anilines is 2. The Morgan fingerprint density at radius 3 is 1.60 bits per heavy atom. The molecule has 0 aliphatic rings. The fraction of sp³-hybridized carbons (Fsp3) is 0.100. The summed E-state index contributed by atoms with van der Waals surface area (Å²) in [5.74, 6) is -2.75. The zero-order valence-corrected chi connectivity index (χ0v) is 32.2. The molecule has 268 valence electrons. The summed E-state index contributed by atoms with van der Waals surface area (Å²) in [6.45, 7) is 0. The van der Waals surface area contributed by atoms with Crippen LogP contribution in [0.3, 0.4) is 0 Å². The molecule has 2 amide bonds. The molecular weight excluding hydrogens is 794 g/mol. The average Bonchev–Trinajstić information content (AvgIpc) is 3.76. The van der Waals surface area contributed by atoms with E-state index in [1.165, 1.54) is 6.07 Å². The molecule has 0 aliphatic carbocycles. The van der Waals surface area contributed by atoms with Crippen LogP contribution in [0.1, 0.15) is 44.7 Å². The van der Waals surface area contributed by atoms with Gasteiger partial charge in [-0.3, -0.25) is 9.59 Å². The fourth-order valence-electron chi connectivity index (χ4n) is 5.46. The summed E-state index contributed by atoms with van der Waals surface area (Å²) in [7, 11) is 0. The first kappa shape index (κ1) is 38.3. The normalized spacial score (nSPS) is 10.9. The molecular formula is C40H28Cl4N2O5S2. The van der Waals surface area contributed by atoms with Gasteiger partial charge < -0.3 is 15.4 Å². The van der Waals surface area contributed by atoms with Gasteiger partial charge in [-0.25, -0.2) is 9.59 Å². The Morgan fingerprint density at radius 1 is 0.547 bits per heavy atom. The average molecular weight is 823 g/mol. The number of hydrogen-bond acceptors (Lipinski definition) is 7. The van der Waals surface area contributed by atoms with Gasteiger partial charge in [0.1, 0.15) is 21.1 Å². The van der Waals surface area contributed by atoms with E-state index < -0.39 is 11.9 Å². The highest BCUT2D eigenvalue weighted by Gasteiger charge is 2.30. The van der Waals surface area contributed by atoms with E-state index in [4.69, 9.17) is 51.1 Å². The molecule has 2 aromatic heterocycles. The first-order chi connectivity index (χ1) is 25.6. The lowest BCUT2D eigenvalue weighted by Gasteiger charge is -2.12. The maximum absolute atomic E-state index is 14.1. The van der Waals surface area contributed by atoms with E-state index in [1.807, 2.05) is 60.7 Å². The fourth-order valence-corrected chi connectivity index (χ4v) is 8.20. The molecule has 13 heteroatoms. The molecule has 6 aromatic rings. The Hall–Kier alpha value is -4.48. The van der Waals surface area contributed by atoms with Crippen molar-refractivity contribution in [3.63, 3.8) is 0 Å². The zero-order valence-electron chi connectivity index (χ0n) is 27.6. The third kappa shape index (κ3) is 9.55. The smallest absolute Gasteiger partial charge is 0.349 e. The highest BCUT2D eigenvalue weighted by molar-refractivity contribution is 7.15. The van der Waals surface area contributed by atoms with Crippen LogP contribution in [0.25, 0.3) is 22.3 Å². The van der Waals surface area contributed by atoms with E-state index in [1.54, 1.807) is 41.1 Å². The SMILES string of the molecule is O=C(CCc1ccccc1)Nc1scc(-c2ccc(Cl)c(Cl)c2)c1C(=O)OC(=O)c1c(-c2ccc(Cl)cc2Cl)csc1NC(=O)CCc1ccccc1. The van der Waals surface area contributed by atoms with Gasteiger partial charge >= 0.3 is 11.9 Å². The van der Waals surface area contributed by atoms with Crippen molar-refractivity contribution in [3.8, 4) is 22.3 Å². The maximum atomic E-state index is 14.1.